The zero-order valence-electron chi connectivity index (χ0n) is 11.0. The number of carboxylic acids is 2. The van der Waals surface area contributed by atoms with Gasteiger partial charge in [0.15, 0.2) is 0 Å². The lowest BCUT2D eigenvalue weighted by molar-refractivity contribution is 0.0696. The molecule has 0 bridgehead atoms. The van der Waals surface area contributed by atoms with Gasteiger partial charge in [-0.1, -0.05) is 6.07 Å². The Bertz CT molecular complexity index is 723. The highest BCUT2D eigenvalue weighted by molar-refractivity contribution is 14.1. The van der Waals surface area contributed by atoms with Crippen LogP contribution in [0.4, 0.5) is 5.69 Å². The van der Waals surface area contributed by atoms with Gasteiger partial charge in [0, 0.05) is 9.13 Å². The summed E-state index contributed by atoms with van der Waals surface area (Å²) in [5.41, 5.74) is -0.486. The van der Waals surface area contributed by atoms with E-state index in [9.17, 15) is 14.4 Å². The molecule has 0 heterocycles. The van der Waals surface area contributed by atoms with Gasteiger partial charge < -0.3 is 15.5 Å². The zero-order chi connectivity index (χ0) is 16.3. The zero-order valence-corrected chi connectivity index (χ0v) is 13.2. The summed E-state index contributed by atoms with van der Waals surface area (Å²) in [6, 6.07) is 10.4. The molecular weight excluding hydrogens is 401 g/mol. The summed E-state index contributed by atoms with van der Waals surface area (Å²) in [5, 5.41) is 20.7. The molecule has 0 aliphatic carbocycles. The van der Waals surface area contributed by atoms with Crippen molar-refractivity contribution in [3.05, 3.63) is 62.7 Å². The fourth-order valence-electron chi connectivity index (χ4n) is 1.83. The van der Waals surface area contributed by atoms with Crippen molar-refractivity contribution in [2.75, 3.05) is 5.32 Å². The Kier molecular flexibility index (Phi) is 4.76. The van der Waals surface area contributed by atoms with E-state index in [2.05, 4.69) is 27.9 Å². The molecule has 0 saturated heterocycles. The first-order chi connectivity index (χ1) is 10.4. The van der Waals surface area contributed by atoms with Gasteiger partial charge in [0.25, 0.3) is 5.91 Å². The smallest absolute Gasteiger partial charge is 0.337 e. The van der Waals surface area contributed by atoms with Crippen molar-refractivity contribution in [2.24, 2.45) is 0 Å². The van der Waals surface area contributed by atoms with E-state index in [1.165, 1.54) is 18.2 Å². The van der Waals surface area contributed by atoms with Gasteiger partial charge in [0.2, 0.25) is 0 Å². The molecule has 0 aromatic heterocycles. The van der Waals surface area contributed by atoms with Crippen molar-refractivity contribution in [3.63, 3.8) is 0 Å². The Morgan fingerprint density at radius 1 is 0.864 bits per heavy atom. The molecule has 0 aliphatic heterocycles. The molecule has 0 fully saturated rings. The quantitative estimate of drug-likeness (QED) is 0.672. The maximum absolute atomic E-state index is 12.2. The van der Waals surface area contributed by atoms with Crippen LogP contribution < -0.4 is 5.32 Å². The number of carbonyl (C=O) groups excluding carboxylic acids is 1. The monoisotopic (exact) mass is 411 g/mol. The number of aromatic carboxylic acids is 2. The fourth-order valence-corrected chi connectivity index (χ4v) is 2.19. The highest BCUT2D eigenvalue weighted by Crippen LogP contribution is 2.22. The van der Waals surface area contributed by atoms with Gasteiger partial charge in [-0.25, -0.2) is 9.59 Å². The molecule has 0 atom stereocenters. The molecule has 3 N–H and O–H groups in total. The minimum Gasteiger partial charge on any atom is -0.478 e. The third kappa shape index (κ3) is 3.42. The van der Waals surface area contributed by atoms with E-state index in [1.807, 2.05) is 0 Å². The molecular formula is C15H10INO5. The van der Waals surface area contributed by atoms with Crippen molar-refractivity contribution >= 4 is 46.1 Å². The standard InChI is InChI=1S/C15H10INO5/c16-9-6-4-8(5-7-9)13(18)17-12-10(14(19)20)2-1-3-11(12)15(21)22/h1-7H,(H,17,18)(H,19,20)(H,21,22). The normalized spacial score (nSPS) is 10.0. The van der Waals surface area contributed by atoms with Crippen molar-refractivity contribution < 1.29 is 24.6 Å². The van der Waals surface area contributed by atoms with Gasteiger partial charge in [-0.15, -0.1) is 0 Å². The van der Waals surface area contributed by atoms with Gasteiger partial charge in [0.1, 0.15) is 0 Å². The van der Waals surface area contributed by atoms with Crippen LogP contribution in [0.2, 0.25) is 0 Å². The average Bonchev–Trinajstić information content (AvgIpc) is 2.47. The molecule has 0 radical (unpaired) electrons. The van der Waals surface area contributed by atoms with Gasteiger partial charge in [-0.05, 0) is 59.0 Å². The first kappa shape index (κ1) is 16.0. The summed E-state index contributed by atoms with van der Waals surface area (Å²) in [4.78, 5) is 34.6. The summed E-state index contributed by atoms with van der Waals surface area (Å²) >= 11 is 2.08. The van der Waals surface area contributed by atoms with E-state index in [0.29, 0.717) is 5.56 Å². The van der Waals surface area contributed by atoms with E-state index in [-0.39, 0.29) is 16.8 Å². The van der Waals surface area contributed by atoms with Crippen molar-refractivity contribution in [2.45, 2.75) is 0 Å². The topological polar surface area (TPSA) is 104 Å². The molecule has 112 valence electrons. The predicted molar refractivity (Wildman–Crippen MR) is 87.5 cm³/mol. The lowest BCUT2D eigenvalue weighted by atomic mass is 10.1. The maximum Gasteiger partial charge on any atom is 0.337 e. The van der Waals surface area contributed by atoms with Gasteiger partial charge in [0.05, 0.1) is 16.8 Å². The number of rotatable bonds is 4. The number of carboxylic acid groups (broad SMARTS) is 2. The predicted octanol–water partition coefficient (Wildman–Crippen LogP) is 2.94. The van der Waals surface area contributed by atoms with Crippen LogP contribution in [0.15, 0.2) is 42.5 Å². The van der Waals surface area contributed by atoms with Gasteiger partial charge in [-0.2, -0.15) is 0 Å². The van der Waals surface area contributed by atoms with Crippen LogP contribution in [0.5, 0.6) is 0 Å². The van der Waals surface area contributed by atoms with Crippen LogP contribution in [-0.2, 0) is 0 Å². The van der Waals surface area contributed by atoms with E-state index < -0.39 is 17.8 Å². The van der Waals surface area contributed by atoms with Crippen LogP contribution in [0.1, 0.15) is 31.1 Å². The van der Waals surface area contributed by atoms with E-state index in [0.717, 1.165) is 3.57 Å². The molecule has 7 heteroatoms. The summed E-state index contributed by atoms with van der Waals surface area (Å²) in [5.74, 6) is -3.21. The summed E-state index contributed by atoms with van der Waals surface area (Å²) in [6.45, 7) is 0. The molecule has 22 heavy (non-hydrogen) atoms. The fraction of sp³-hybridized carbons (Fsp3) is 0. The average molecular weight is 411 g/mol. The first-order valence-corrected chi connectivity index (χ1v) is 7.14. The number of carbonyl (C=O) groups is 3. The molecule has 2 rings (SSSR count). The minimum atomic E-state index is -1.32. The van der Waals surface area contributed by atoms with Crippen LogP contribution in [0.3, 0.4) is 0 Å². The minimum absolute atomic E-state index is 0.231. The van der Waals surface area contributed by atoms with E-state index in [1.54, 1.807) is 24.3 Å². The third-order valence-electron chi connectivity index (χ3n) is 2.87. The SMILES string of the molecule is O=C(Nc1c(C(=O)O)cccc1C(=O)O)c1ccc(I)cc1. The molecule has 6 nitrogen and oxygen atoms in total. The van der Waals surface area contributed by atoms with Crippen molar-refractivity contribution in [1.29, 1.82) is 0 Å². The van der Waals surface area contributed by atoms with Crippen LogP contribution >= 0.6 is 22.6 Å². The lowest BCUT2D eigenvalue weighted by Gasteiger charge is -2.11. The first-order valence-electron chi connectivity index (χ1n) is 6.06. The van der Waals surface area contributed by atoms with Crippen molar-refractivity contribution in [3.8, 4) is 0 Å². The molecule has 0 aliphatic rings. The van der Waals surface area contributed by atoms with Gasteiger partial charge in [-0.3, -0.25) is 4.79 Å². The molecule has 2 aromatic rings. The number of hydrogen-bond acceptors (Lipinski definition) is 3. The second-order valence-electron chi connectivity index (χ2n) is 4.30. The number of anilines is 1. The Morgan fingerprint density at radius 3 is 1.82 bits per heavy atom. The molecule has 0 unspecified atom stereocenters. The van der Waals surface area contributed by atoms with Crippen molar-refractivity contribution in [1.82, 2.24) is 0 Å². The van der Waals surface area contributed by atoms with E-state index >= 15 is 0 Å². The van der Waals surface area contributed by atoms with E-state index in [4.69, 9.17) is 10.2 Å². The molecule has 0 saturated carbocycles. The summed E-state index contributed by atoms with van der Waals surface area (Å²) in [7, 11) is 0. The summed E-state index contributed by atoms with van der Waals surface area (Å²) < 4.78 is 0.936. The van der Waals surface area contributed by atoms with Crippen LogP contribution in [0.25, 0.3) is 0 Å². The molecule has 2 aromatic carbocycles. The second-order valence-corrected chi connectivity index (χ2v) is 5.55. The number of hydrogen-bond donors (Lipinski definition) is 3. The maximum atomic E-state index is 12.2. The number of amides is 1. The Morgan fingerprint density at radius 2 is 1.36 bits per heavy atom. The van der Waals surface area contributed by atoms with Crippen LogP contribution in [-0.4, -0.2) is 28.1 Å². The number of benzene rings is 2. The second kappa shape index (κ2) is 6.56. The highest BCUT2D eigenvalue weighted by Gasteiger charge is 2.20. The molecule has 1 amide bonds. The third-order valence-corrected chi connectivity index (χ3v) is 3.59. The highest BCUT2D eigenvalue weighted by atomic mass is 127. The van der Waals surface area contributed by atoms with Crippen LogP contribution in [0, 0.1) is 3.57 Å². The Balaban J connectivity index is 2.43. The largest absolute Gasteiger partial charge is 0.478 e. The summed E-state index contributed by atoms with van der Waals surface area (Å²) in [6.07, 6.45) is 0. The number of halogens is 1. The lowest BCUT2D eigenvalue weighted by Crippen LogP contribution is -2.18. The number of para-hydroxylation sites is 1. The van der Waals surface area contributed by atoms with Gasteiger partial charge >= 0.3 is 11.9 Å². The molecule has 0 spiro atoms. The number of nitrogens with one attached hydrogen (secondary N) is 1. The Hall–Kier alpha value is -2.42. The Labute approximate surface area is 138 Å².